The summed E-state index contributed by atoms with van der Waals surface area (Å²) in [6.45, 7) is 4.64. The van der Waals surface area contributed by atoms with Crippen LogP contribution < -0.4 is 5.32 Å². The van der Waals surface area contributed by atoms with Gasteiger partial charge in [0, 0.05) is 11.4 Å². The lowest BCUT2D eigenvalue weighted by atomic mass is 9.99. The van der Waals surface area contributed by atoms with Crippen molar-refractivity contribution in [2.24, 2.45) is 5.92 Å². The molecule has 1 aromatic heterocycles. The summed E-state index contributed by atoms with van der Waals surface area (Å²) in [7, 11) is 1.40. The molecule has 0 saturated carbocycles. The standard InChI is InChI=1S/C13H18N2O2S/c1-4-9(2)12(13(16)17-3)15-8-11-6-5-10(7-14)18-11/h5-6,9,12,15H,4,8H2,1-3H3. The summed E-state index contributed by atoms with van der Waals surface area (Å²) < 4.78 is 4.80. The number of ether oxygens (including phenoxy) is 1. The number of nitrogens with one attached hydrogen (secondary N) is 1. The van der Waals surface area contributed by atoms with Crippen LogP contribution in [-0.2, 0) is 16.1 Å². The molecule has 2 atom stereocenters. The average Bonchev–Trinajstić information content (AvgIpc) is 2.86. The predicted octanol–water partition coefficient (Wildman–Crippen LogP) is 2.30. The summed E-state index contributed by atoms with van der Waals surface area (Å²) in [5.41, 5.74) is 0. The van der Waals surface area contributed by atoms with Gasteiger partial charge < -0.3 is 4.74 Å². The lowest BCUT2D eigenvalue weighted by Gasteiger charge is -2.21. The molecule has 0 aliphatic carbocycles. The van der Waals surface area contributed by atoms with Crippen molar-refractivity contribution in [1.82, 2.24) is 5.32 Å². The molecular formula is C13H18N2O2S. The Labute approximate surface area is 112 Å². The number of carbonyl (C=O) groups excluding carboxylic acids is 1. The van der Waals surface area contributed by atoms with Gasteiger partial charge >= 0.3 is 5.97 Å². The first-order valence-electron chi connectivity index (χ1n) is 5.92. The molecule has 98 valence electrons. The number of rotatable bonds is 6. The lowest BCUT2D eigenvalue weighted by molar-refractivity contribution is -0.144. The van der Waals surface area contributed by atoms with Gasteiger partial charge in [0.05, 0.1) is 7.11 Å². The largest absolute Gasteiger partial charge is 0.468 e. The molecule has 0 aromatic carbocycles. The lowest BCUT2D eigenvalue weighted by Crippen LogP contribution is -2.42. The monoisotopic (exact) mass is 266 g/mol. The molecular weight excluding hydrogens is 248 g/mol. The van der Waals surface area contributed by atoms with Crippen molar-refractivity contribution in [2.75, 3.05) is 7.11 Å². The molecule has 1 heterocycles. The minimum atomic E-state index is -0.298. The Morgan fingerprint density at radius 1 is 1.61 bits per heavy atom. The Bertz CT molecular complexity index is 436. The molecule has 0 aliphatic heterocycles. The summed E-state index contributed by atoms with van der Waals surface area (Å²) in [5, 5.41) is 11.9. The van der Waals surface area contributed by atoms with Crippen molar-refractivity contribution in [3.05, 3.63) is 21.9 Å². The van der Waals surface area contributed by atoms with Crippen LogP contribution in [-0.4, -0.2) is 19.1 Å². The number of methoxy groups -OCH3 is 1. The Morgan fingerprint density at radius 2 is 2.33 bits per heavy atom. The molecule has 1 aromatic rings. The Hall–Kier alpha value is -1.38. The van der Waals surface area contributed by atoms with Crippen LogP contribution in [0.3, 0.4) is 0 Å². The van der Waals surface area contributed by atoms with E-state index >= 15 is 0 Å². The van der Waals surface area contributed by atoms with Gasteiger partial charge in [-0.05, 0) is 18.1 Å². The van der Waals surface area contributed by atoms with Crippen molar-refractivity contribution < 1.29 is 9.53 Å². The van der Waals surface area contributed by atoms with Crippen LogP contribution in [0.1, 0.15) is 30.0 Å². The van der Waals surface area contributed by atoms with Gasteiger partial charge in [0.2, 0.25) is 0 Å². The van der Waals surface area contributed by atoms with Gasteiger partial charge in [0.25, 0.3) is 0 Å². The summed E-state index contributed by atoms with van der Waals surface area (Å²) in [6, 6.07) is 5.50. The van der Waals surface area contributed by atoms with Crippen molar-refractivity contribution in [1.29, 1.82) is 5.26 Å². The molecule has 0 saturated heterocycles. The van der Waals surface area contributed by atoms with Crippen LogP contribution in [0.4, 0.5) is 0 Å². The fraction of sp³-hybridized carbons (Fsp3) is 0.538. The summed E-state index contributed by atoms with van der Waals surface area (Å²) in [4.78, 5) is 13.4. The normalized spacial score (nSPS) is 13.7. The summed E-state index contributed by atoms with van der Waals surface area (Å²) >= 11 is 1.44. The quantitative estimate of drug-likeness (QED) is 0.802. The van der Waals surface area contributed by atoms with Crippen LogP contribution in [0.15, 0.2) is 12.1 Å². The van der Waals surface area contributed by atoms with Crippen LogP contribution in [0.25, 0.3) is 0 Å². The van der Waals surface area contributed by atoms with Gasteiger partial charge in [-0.15, -0.1) is 11.3 Å². The van der Waals surface area contributed by atoms with E-state index in [1.54, 1.807) is 6.07 Å². The van der Waals surface area contributed by atoms with E-state index in [4.69, 9.17) is 10.00 Å². The highest BCUT2D eigenvalue weighted by Gasteiger charge is 2.24. The smallest absolute Gasteiger partial charge is 0.323 e. The molecule has 0 amide bonds. The highest BCUT2D eigenvalue weighted by molar-refractivity contribution is 7.12. The van der Waals surface area contributed by atoms with Gasteiger partial charge in [-0.25, -0.2) is 0 Å². The van der Waals surface area contributed by atoms with Gasteiger partial charge in [0.15, 0.2) is 0 Å². The zero-order valence-corrected chi connectivity index (χ0v) is 11.7. The predicted molar refractivity (Wildman–Crippen MR) is 71.1 cm³/mol. The second-order valence-corrected chi connectivity index (χ2v) is 5.31. The first-order valence-corrected chi connectivity index (χ1v) is 6.74. The highest BCUT2D eigenvalue weighted by atomic mass is 32.1. The topological polar surface area (TPSA) is 62.1 Å². The second-order valence-electron chi connectivity index (χ2n) is 4.15. The molecule has 1 N–H and O–H groups in total. The van der Waals surface area contributed by atoms with Gasteiger partial charge in [-0.2, -0.15) is 5.26 Å². The van der Waals surface area contributed by atoms with E-state index in [2.05, 4.69) is 11.4 Å². The SMILES string of the molecule is CCC(C)C(NCc1ccc(C#N)s1)C(=O)OC. The summed E-state index contributed by atoms with van der Waals surface area (Å²) in [6.07, 6.45) is 0.903. The van der Waals surface area contributed by atoms with E-state index in [-0.39, 0.29) is 17.9 Å². The maximum Gasteiger partial charge on any atom is 0.323 e. The third-order valence-corrected chi connectivity index (χ3v) is 3.93. The van der Waals surface area contributed by atoms with Crippen molar-refractivity contribution in [3.63, 3.8) is 0 Å². The van der Waals surface area contributed by atoms with E-state index in [0.29, 0.717) is 11.4 Å². The van der Waals surface area contributed by atoms with Crippen LogP contribution in [0.2, 0.25) is 0 Å². The maximum atomic E-state index is 11.7. The molecule has 0 aliphatic rings. The summed E-state index contributed by atoms with van der Waals surface area (Å²) in [5.74, 6) is -0.0192. The first kappa shape index (κ1) is 14.7. The van der Waals surface area contributed by atoms with E-state index in [1.807, 2.05) is 19.9 Å². The zero-order chi connectivity index (χ0) is 13.5. The van der Waals surface area contributed by atoms with Crippen molar-refractivity contribution >= 4 is 17.3 Å². The fourth-order valence-electron chi connectivity index (χ4n) is 1.62. The number of esters is 1. The molecule has 0 bridgehead atoms. The second kappa shape index (κ2) is 7.14. The Kier molecular flexibility index (Phi) is 5.83. The first-order chi connectivity index (χ1) is 8.62. The van der Waals surface area contributed by atoms with Crippen LogP contribution in [0, 0.1) is 17.2 Å². The Balaban J connectivity index is 2.62. The third kappa shape index (κ3) is 3.83. The molecule has 0 radical (unpaired) electrons. The molecule has 0 fully saturated rings. The van der Waals surface area contributed by atoms with Gasteiger partial charge in [-0.1, -0.05) is 20.3 Å². The number of hydrogen-bond donors (Lipinski definition) is 1. The molecule has 18 heavy (non-hydrogen) atoms. The van der Waals surface area contributed by atoms with Crippen LogP contribution >= 0.6 is 11.3 Å². The maximum absolute atomic E-state index is 11.7. The van der Waals surface area contributed by atoms with Gasteiger partial charge in [-0.3, -0.25) is 10.1 Å². The number of nitriles is 1. The third-order valence-electron chi connectivity index (χ3n) is 2.94. The Morgan fingerprint density at radius 3 is 2.83 bits per heavy atom. The number of nitrogens with zero attached hydrogens (tertiary/aromatic N) is 1. The molecule has 2 unspecified atom stereocenters. The van der Waals surface area contributed by atoms with Crippen molar-refractivity contribution in [2.45, 2.75) is 32.9 Å². The van der Waals surface area contributed by atoms with Crippen LogP contribution in [0.5, 0.6) is 0 Å². The van der Waals surface area contributed by atoms with E-state index in [9.17, 15) is 4.79 Å². The average molecular weight is 266 g/mol. The number of hydrogen-bond acceptors (Lipinski definition) is 5. The highest BCUT2D eigenvalue weighted by Crippen LogP contribution is 2.16. The molecule has 5 heteroatoms. The van der Waals surface area contributed by atoms with E-state index in [0.717, 1.165) is 11.3 Å². The van der Waals surface area contributed by atoms with E-state index in [1.165, 1.54) is 18.4 Å². The van der Waals surface area contributed by atoms with E-state index < -0.39 is 0 Å². The minimum absolute atomic E-state index is 0.216. The number of thiophene rings is 1. The molecule has 1 rings (SSSR count). The minimum Gasteiger partial charge on any atom is -0.468 e. The molecule has 0 spiro atoms. The molecule has 4 nitrogen and oxygen atoms in total. The zero-order valence-electron chi connectivity index (χ0n) is 10.9. The number of carbonyl (C=O) groups is 1. The van der Waals surface area contributed by atoms with Crippen molar-refractivity contribution in [3.8, 4) is 6.07 Å². The fourth-order valence-corrected chi connectivity index (χ4v) is 2.38. The van der Waals surface area contributed by atoms with Gasteiger partial charge in [0.1, 0.15) is 17.0 Å².